The van der Waals surface area contributed by atoms with E-state index in [2.05, 4.69) is 0 Å². The van der Waals surface area contributed by atoms with E-state index in [9.17, 15) is 19.7 Å². The van der Waals surface area contributed by atoms with Gasteiger partial charge in [-0.2, -0.15) is 0 Å². The summed E-state index contributed by atoms with van der Waals surface area (Å²) in [7, 11) is 0. The minimum absolute atomic E-state index is 0.0203. The number of non-ortho nitro benzene ring substituents is 1. The summed E-state index contributed by atoms with van der Waals surface area (Å²) >= 11 is 0. The largest absolute Gasteiger partial charge is 0.464 e. The summed E-state index contributed by atoms with van der Waals surface area (Å²) < 4.78 is 5.20. The Bertz CT molecular complexity index is 641. The van der Waals surface area contributed by atoms with E-state index < -0.39 is 16.9 Å². The third-order valence-electron chi connectivity index (χ3n) is 3.70. The molecule has 7 heteroatoms. The van der Waals surface area contributed by atoms with Crippen molar-refractivity contribution in [2.75, 3.05) is 11.5 Å². The normalized spacial score (nSPS) is 15.3. The van der Waals surface area contributed by atoms with Crippen LogP contribution in [-0.2, 0) is 20.7 Å². The van der Waals surface area contributed by atoms with Crippen molar-refractivity contribution in [2.45, 2.75) is 39.7 Å². The van der Waals surface area contributed by atoms with E-state index in [1.54, 1.807) is 6.92 Å². The first kappa shape index (κ1) is 16.9. The lowest BCUT2D eigenvalue weighted by Gasteiger charge is -2.33. The second-order valence-corrected chi connectivity index (χ2v) is 6.03. The number of hydrogen-bond donors (Lipinski definition) is 0. The molecule has 0 aliphatic carbocycles. The predicted octanol–water partition coefficient (Wildman–Crippen LogP) is 2.46. The number of hydrogen-bond acceptors (Lipinski definition) is 5. The maximum atomic E-state index is 12.2. The van der Waals surface area contributed by atoms with Crippen LogP contribution in [0.3, 0.4) is 0 Å². The van der Waals surface area contributed by atoms with Gasteiger partial charge in [0.25, 0.3) is 5.69 Å². The van der Waals surface area contributed by atoms with E-state index in [1.165, 1.54) is 23.1 Å². The molecule has 1 aromatic rings. The van der Waals surface area contributed by atoms with Crippen LogP contribution in [0.5, 0.6) is 0 Å². The van der Waals surface area contributed by atoms with E-state index in [-0.39, 0.29) is 23.9 Å². The number of benzene rings is 1. The molecule has 0 saturated heterocycles. The van der Waals surface area contributed by atoms with Crippen molar-refractivity contribution in [1.82, 2.24) is 0 Å². The Morgan fingerprint density at radius 3 is 2.65 bits per heavy atom. The number of esters is 1. The molecule has 1 aromatic carbocycles. The minimum atomic E-state index is -0.762. The highest BCUT2D eigenvalue weighted by atomic mass is 16.6. The zero-order valence-corrected chi connectivity index (χ0v) is 13.4. The first-order valence-electron chi connectivity index (χ1n) is 7.57. The summed E-state index contributed by atoms with van der Waals surface area (Å²) in [6.45, 7) is 5.76. The lowest BCUT2D eigenvalue weighted by Crippen LogP contribution is -2.46. The molecule has 0 spiro atoms. The fraction of sp³-hybridized carbons (Fsp3) is 0.500. The molecule has 0 radical (unpaired) electrons. The number of carbonyl (C=O) groups is 2. The zero-order valence-electron chi connectivity index (χ0n) is 13.4. The fourth-order valence-corrected chi connectivity index (χ4v) is 2.52. The molecule has 0 fully saturated rings. The molecule has 1 heterocycles. The Hall–Kier alpha value is -2.44. The van der Waals surface area contributed by atoms with Crippen LogP contribution in [0.25, 0.3) is 0 Å². The highest BCUT2D eigenvalue weighted by molar-refractivity contribution is 6.01. The average Bonchev–Trinajstić information content (AvgIpc) is 2.51. The van der Waals surface area contributed by atoms with Crippen LogP contribution in [-0.4, -0.2) is 29.4 Å². The zero-order chi connectivity index (χ0) is 17.1. The monoisotopic (exact) mass is 320 g/mol. The van der Waals surface area contributed by atoms with Crippen molar-refractivity contribution in [3.05, 3.63) is 33.9 Å². The van der Waals surface area contributed by atoms with Gasteiger partial charge in [-0.25, -0.2) is 4.79 Å². The van der Waals surface area contributed by atoms with Crippen molar-refractivity contribution >= 4 is 23.3 Å². The Kier molecular flexibility index (Phi) is 4.98. The van der Waals surface area contributed by atoms with Gasteiger partial charge in [-0.1, -0.05) is 13.8 Å². The van der Waals surface area contributed by atoms with Gasteiger partial charge >= 0.3 is 5.97 Å². The predicted molar refractivity (Wildman–Crippen MR) is 84.2 cm³/mol. The number of aryl methyl sites for hydroxylation is 1. The van der Waals surface area contributed by atoms with Gasteiger partial charge in [0, 0.05) is 24.2 Å². The highest BCUT2D eigenvalue weighted by Crippen LogP contribution is 2.32. The van der Waals surface area contributed by atoms with Gasteiger partial charge in [0.1, 0.15) is 6.04 Å². The van der Waals surface area contributed by atoms with Gasteiger partial charge in [0.15, 0.2) is 0 Å². The molecule has 1 amide bonds. The Morgan fingerprint density at radius 2 is 2.04 bits per heavy atom. The van der Waals surface area contributed by atoms with Crippen LogP contribution in [0.4, 0.5) is 11.4 Å². The van der Waals surface area contributed by atoms with E-state index in [1.807, 2.05) is 13.8 Å². The molecule has 1 aliphatic heterocycles. The topological polar surface area (TPSA) is 89.8 Å². The Balaban J connectivity index is 2.27. The smallest absolute Gasteiger partial charge is 0.328 e. The third kappa shape index (κ3) is 3.67. The molecule has 0 N–H and O–H groups in total. The number of fused-ring (bicyclic) bond motifs is 1. The van der Waals surface area contributed by atoms with Crippen LogP contribution < -0.4 is 4.90 Å². The molecule has 1 atom stereocenters. The second-order valence-electron chi connectivity index (χ2n) is 6.03. The summed E-state index contributed by atoms with van der Waals surface area (Å²) in [6.07, 6.45) is 0.649. The van der Waals surface area contributed by atoms with E-state index in [0.29, 0.717) is 24.3 Å². The third-order valence-corrected chi connectivity index (χ3v) is 3.70. The molecule has 1 aliphatic rings. The van der Waals surface area contributed by atoms with Crippen LogP contribution in [0.2, 0.25) is 0 Å². The molecular formula is C16H20N2O5. The summed E-state index contributed by atoms with van der Waals surface area (Å²) in [5, 5.41) is 10.9. The van der Waals surface area contributed by atoms with Crippen LogP contribution in [0, 0.1) is 16.0 Å². The quantitative estimate of drug-likeness (QED) is 0.472. The van der Waals surface area contributed by atoms with Crippen molar-refractivity contribution in [2.24, 2.45) is 5.92 Å². The second kappa shape index (κ2) is 6.76. The molecule has 124 valence electrons. The maximum absolute atomic E-state index is 12.2. The summed E-state index contributed by atoms with van der Waals surface area (Å²) in [5.74, 6) is -0.447. The lowest BCUT2D eigenvalue weighted by atomic mass is 9.99. The molecule has 0 saturated carbocycles. The Morgan fingerprint density at radius 1 is 1.35 bits per heavy atom. The maximum Gasteiger partial charge on any atom is 0.328 e. The van der Waals surface area contributed by atoms with Gasteiger partial charge in [-0.15, -0.1) is 0 Å². The van der Waals surface area contributed by atoms with Crippen LogP contribution >= 0.6 is 0 Å². The van der Waals surface area contributed by atoms with Crippen molar-refractivity contribution < 1.29 is 19.2 Å². The first-order valence-corrected chi connectivity index (χ1v) is 7.57. The molecule has 0 aromatic heterocycles. The standard InChI is InChI=1S/C16H20N2O5/c1-10(2)9-23-16(20)11(3)17-14-6-5-13(18(21)22)8-12(14)4-7-15(17)19/h5-6,8,10-11H,4,7,9H2,1-3H3. The summed E-state index contributed by atoms with van der Waals surface area (Å²) in [5.41, 5.74) is 1.22. The number of rotatable bonds is 5. The summed E-state index contributed by atoms with van der Waals surface area (Å²) in [6, 6.07) is 3.57. The number of carbonyl (C=O) groups excluding carboxylic acids is 2. The molecule has 0 bridgehead atoms. The van der Waals surface area contributed by atoms with Gasteiger partial charge in [0.2, 0.25) is 5.91 Å². The highest BCUT2D eigenvalue weighted by Gasteiger charge is 2.33. The first-order chi connectivity index (χ1) is 10.8. The number of amides is 1. The number of nitro groups is 1. The number of nitro benzene ring substituents is 1. The van der Waals surface area contributed by atoms with E-state index in [0.717, 1.165) is 0 Å². The number of anilines is 1. The van der Waals surface area contributed by atoms with Crippen molar-refractivity contribution in [1.29, 1.82) is 0 Å². The SMILES string of the molecule is CC(C)COC(=O)C(C)N1C(=O)CCc2cc([N+](=O)[O-])ccc21. The van der Waals surface area contributed by atoms with Gasteiger partial charge in [-0.05, 0) is 30.9 Å². The minimum Gasteiger partial charge on any atom is -0.464 e. The fourth-order valence-electron chi connectivity index (χ4n) is 2.52. The van der Waals surface area contributed by atoms with E-state index >= 15 is 0 Å². The number of nitrogens with zero attached hydrogens (tertiary/aromatic N) is 2. The number of ether oxygens (including phenoxy) is 1. The average molecular weight is 320 g/mol. The molecule has 23 heavy (non-hydrogen) atoms. The molecular weight excluding hydrogens is 300 g/mol. The van der Waals surface area contributed by atoms with Crippen molar-refractivity contribution in [3.63, 3.8) is 0 Å². The van der Waals surface area contributed by atoms with Gasteiger partial charge < -0.3 is 4.74 Å². The Labute approximate surface area is 134 Å². The van der Waals surface area contributed by atoms with Crippen molar-refractivity contribution in [3.8, 4) is 0 Å². The van der Waals surface area contributed by atoms with Crippen LogP contribution in [0.1, 0.15) is 32.8 Å². The van der Waals surface area contributed by atoms with Crippen LogP contribution in [0.15, 0.2) is 18.2 Å². The summed E-state index contributed by atoms with van der Waals surface area (Å²) in [4.78, 5) is 36.2. The van der Waals surface area contributed by atoms with E-state index in [4.69, 9.17) is 4.74 Å². The molecule has 7 nitrogen and oxygen atoms in total. The lowest BCUT2D eigenvalue weighted by molar-refractivity contribution is -0.384. The van der Waals surface area contributed by atoms with Gasteiger partial charge in [0.05, 0.1) is 11.5 Å². The molecule has 1 unspecified atom stereocenters. The van der Waals surface area contributed by atoms with Gasteiger partial charge in [-0.3, -0.25) is 19.8 Å². The molecule has 2 rings (SSSR count).